The summed E-state index contributed by atoms with van der Waals surface area (Å²) >= 11 is 0. The van der Waals surface area contributed by atoms with Crippen LogP contribution in [-0.4, -0.2) is 62.4 Å². The van der Waals surface area contributed by atoms with Gasteiger partial charge in [0.1, 0.15) is 6.42 Å². The summed E-state index contributed by atoms with van der Waals surface area (Å²) in [7, 11) is -4.67. The van der Waals surface area contributed by atoms with Crippen LogP contribution in [0.1, 0.15) is 17.8 Å². The highest BCUT2D eigenvalue weighted by atomic mass is 32.3. The highest BCUT2D eigenvalue weighted by Gasteiger charge is 2.08. The highest BCUT2D eigenvalue weighted by molar-refractivity contribution is 7.79. The number of hydrogen-bond acceptors (Lipinski definition) is 6. The number of nitrogens with one attached hydrogen (secondary N) is 4. The summed E-state index contributed by atoms with van der Waals surface area (Å²) in [4.78, 5) is 36.8. The number of imidazole rings is 2. The van der Waals surface area contributed by atoms with Crippen LogP contribution in [0, 0.1) is 0 Å². The molecule has 0 atom stereocenters. The number of hydrogen-bond donors (Lipinski definition) is 6. The van der Waals surface area contributed by atoms with E-state index in [-0.39, 0.29) is 18.2 Å². The zero-order valence-electron chi connectivity index (χ0n) is 13.7. The highest BCUT2D eigenvalue weighted by Crippen LogP contribution is 1.92. The quantitative estimate of drug-likeness (QED) is 0.242. The van der Waals surface area contributed by atoms with Crippen molar-refractivity contribution in [2.24, 2.45) is 0 Å². The van der Waals surface area contributed by atoms with E-state index in [9.17, 15) is 9.59 Å². The van der Waals surface area contributed by atoms with E-state index in [0.29, 0.717) is 25.9 Å². The molecule has 26 heavy (non-hydrogen) atoms. The van der Waals surface area contributed by atoms with Gasteiger partial charge < -0.3 is 20.6 Å². The van der Waals surface area contributed by atoms with Crippen molar-refractivity contribution < 1.29 is 27.1 Å². The van der Waals surface area contributed by atoms with Crippen LogP contribution in [0.25, 0.3) is 0 Å². The molecule has 2 rings (SSSR count). The van der Waals surface area contributed by atoms with E-state index in [4.69, 9.17) is 17.5 Å². The molecule has 0 radical (unpaired) electrons. The van der Waals surface area contributed by atoms with Gasteiger partial charge in [-0.3, -0.25) is 18.7 Å². The largest absolute Gasteiger partial charge is 0.394 e. The van der Waals surface area contributed by atoms with Gasteiger partial charge in [0.15, 0.2) is 0 Å². The maximum atomic E-state index is 11.6. The van der Waals surface area contributed by atoms with E-state index < -0.39 is 10.4 Å². The molecular weight excluding hydrogens is 368 g/mol. The zero-order valence-corrected chi connectivity index (χ0v) is 14.5. The minimum absolute atomic E-state index is 0.161. The lowest BCUT2D eigenvalue weighted by Gasteiger charge is -2.05. The van der Waals surface area contributed by atoms with Crippen molar-refractivity contribution in [1.29, 1.82) is 0 Å². The molecule has 0 aliphatic rings. The lowest BCUT2D eigenvalue weighted by atomic mass is 10.3. The number of carbonyl (C=O) groups is 2. The molecule has 6 N–H and O–H groups in total. The number of amides is 2. The number of nitrogens with zero attached hydrogens (tertiary/aromatic N) is 2. The molecule has 0 aromatic carbocycles. The van der Waals surface area contributed by atoms with Crippen molar-refractivity contribution in [3.63, 3.8) is 0 Å². The van der Waals surface area contributed by atoms with Crippen LogP contribution < -0.4 is 10.6 Å². The second-order valence-electron chi connectivity index (χ2n) is 4.98. The summed E-state index contributed by atoms with van der Waals surface area (Å²) in [5.74, 6) is -0.567. The predicted molar refractivity (Wildman–Crippen MR) is 89.4 cm³/mol. The number of rotatable bonds is 8. The van der Waals surface area contributed by atoms with Crippen LogP contribution in [0.2, 0.25) is 0 Å². The van der Waals surface area contributed by atoms with Gasteiger partial charge in [0, 0.05) is 49.7 Å². The normalized spacial score (nSPS) is 10.5. The average Bonchev–Trinajstić information content (AvgIpc) is 3.18. The zero-order chi connectivity index (χ0) is 19.4. The van der Waals surface area contributed by atoms with Gasteiger partial charge in [-0.05, 0) is 0 Å². The molecule has 0 aliphatic heterocycles. The standard InChI is InChI=1S/C13H18N6O2.H2O4S/c20-12(16-3-1-10-6-14-8-18-10)5-13(21)17-4-2-11-7-15-9-19-11;1-5(2,3)4/h6-9H,1-5H2,(H,14,18)(H,15,19)(H,16,20)(H,17,21);(H2,1,2,3,4). The number of carbonyl (C=O) groups excluding carboxylic acids is 2. The van der Waals surface area contributed by atoms with Gasteiger partial charge in [0.25, 0.3) is 0 Å². The number of H-pyrrole nitrogens is 2. The lowest BCUT2D eigenvalue weighted by molar-refractivity contribution is -0.129. The maximum Gasteiger partial charge on any atom is 0.394 e. The first-order valence-corrected chi connectivity index (χ1v) is 8.81. The smallest absolute Gasteiger partial charge is 0.355 e. The summed E-state index contributed by atoms with van der Waals surface area (Å²) < 4.78 is 31.6. The van der Waals surface area contributed by atoms with Gasteiger partial charge in [-0.2, -0.15) is 8.42 Å². The molecule has 2 heterocycles. The fourth-order valence-electron chi connectivity index (χ4n) is 1.79. The van der Waals surface area contributed by atoms with Crippen molar-refractivity contribution >= 4 is 22.2 Å². The molecule has 12 nitrogen and oxygen atoms in total. The van der Waals surface area contributed by atoms with Crippen LogP contribution in [0.3, 0.4) is 0 Å². The molecule has 144 valence electrons. The molecule has 13 heteroatoms. The number of aromatic nitrogens is 4. The summed E-state index contributed by atoms with van der Waals surface area (Å²) in [5, 5.41) is 5.38. The molecule has 0 aliphatic carbocycles. The third-order valence-corrected chi connectivity index (χ3v) is 2.86. The molecular formula is C13H20N6O6S. The van der Waals surface area contributed by atoms with Crippen molar-refractivity contribution in [2.45, 2.75) is 19.3 Å². The first kappa shape index (κ1) is 21.3. The topological polar surface area (TPSA) is 190 Å². The van der Waals surface area contributed by atoms with Crippen LogP contribution in [0.15, 0.2) is 25.0 Å². The van der Waals surface area contributed by atoms with E-state index in [2.05, 4.69) is 30.6 Å². The Morgan fingerprint density at radius 2 is 1.31 bits per heavy atom. The molecule has 0 saturated carbocycles. The van der Waals surface area contributed by atoms with Gasteiger partial charge in [0.05, 0.1) is 12.7 Å². The van der Waals surface area contributed by atoms with E-state index in [1.807, 2.05) is 0 Å². The molecule has 0 spiro atoms. The molecule has 0 bridgehead atoms. The Balaban J connectivity index is 0.000000597. The Morgan fingerprint density at radius 1 is 0.923 bits per heavy atom. The van der Waals surface area contributed by atoms with E-state index in [1.54, 1.807) is 25.0 Å². The van der Waals surface area contributed by atoms with Gasteiger partial charge in [-0.1, -0.05) is 0 Å². The van der Waals surface area contributed by atoms with Crippen LogP contribution >= 0.6 is 0 Å². The van der Waals surface area contributed by atoms with Gasteiger partial charge in [0.2, 0.25) is 11.8 Å². The first-order valence-electron chi connectivity index (χ1n) is 7.42. The third kappa shape index (κ3) is 11.7. The SMILES string of the molecule is O=C(CC(=O)NCCc1cnc[nH]1)NCCc1cnc[nH]1.O=S(=O)(O)O. The average molecular weight is 388 g/mol. The first-order chi connectivity index (χ1) is 12.2. The molecule has 2 amide bonds. The minimum Gasteiger partial charge on any atom is -0.355 e. The third-order valence-electron chi connectivity index (χ3n) is 2.86. The van der Waals surface area contributed by atoms with E-state index in [1.165, 1.54) is 0 Å². The second kappa shape index (κ2) is 11.0. The molecule has 0 unspecified atom stereocenters. The minimum atomic E-state index is -4.67. The number of aromatic amines is 2. The van der Waals surface area contributed by atoms with Gasteiger partial charge >= 0.3 is 10.4 Å². The Kier molecular flexibility index (Phi) is 8.97. The van der Waals surface area contributed by atoms with Crippen molar-refractivity contribution in [3.8, 4) is 0 Å². The van der Waals surface area contributed by atoms with Crippen molar-refractivity contribution in [2.75, 3.05) is 13.1 Å². The molecule has 2 aromatic heterocycles. The van der Waals surface area contributed by atoms with Crippen molar-refractivity contribution in [3.05, 3.63) is 36.4 Å². The fourth-order valence-corrected chi connectivity index (χ4v) is 1.79. The van der Waals surface area contributed by atoms with E-state index in [0.717, 1.165) is 11.4 Å². The predicted octanol–water partition coefficient (Wildman–Crippen LogP) is -1.11. The van der Waals surface area contributed by atoms with Gasteiger partial charge in [-0.25, -0.2) is 9.97 Å². The Bertz CT molecular complexity index is 701. The summed E-state index contributed by atoms with van der Waals surface area (Å²) in [6.07, 6.45) is 7.74. The van der Waals surface area contributed by atoms with Crippen LogP contribution in [0.5, 0.6) is 0 Å². The summed E-state index contributed by atoms with van der Waals surface area (Å²) in [6, 6.07) is 0. The van der Waals surface area contributed by atoms with Crippen LogP contribution in [0.4, 0.5) is 0 Å². The monoisotopic (exact) mass is 388 g/mol. The Labute approximate surface area is 149 Å². The molecule has 0 fully saturated rings. The molecule has 0 saturated heterocycles. The Hall–Kier alpha value is -2.77. The lowest BCUT2D eigenvalue weighted by Crippen LogP contribution is -2.33. The maximum absolute atomic E-state index is 11.6. The Morgan fingerprint density at radius 3 is 1.62 bits per heavy atom. The van der Waals surface area contributed by atoms with Crippen LogP contribution in [-0.2, 0) is 32.8 Å². The summed E-state index contributed by atoms with van der Waals surface area (Å²) in [5.41, 5.74) is 1.89. The second-order valence-corrected chi connectivity index (χ2v) is 5.87. The summed E-state index contributed by atoms with van der Waals surface area (Å²) in [6.45, 7) is 0.949. The fraction of sp³-hybridized carbons (Fsp3) is 0.385. The molecule has 2 aromatic rings. The van der Waals surface area contributed by atoms with Crippen molar-refractivity contribution in [1.82, 2.24) is 30.6 Å². The van der Waals surface area contributed by atoms with Gasteiger partial charge in [-0.15, -0.1) is 0 Å². The van der Waals surface area contributed by atoms with E-state index >= 15 is 0 Å².